The molecule has 0 saturated carbocycles. The van der Waals surface area contributed by atoms with Crippen LogP contribution in [-0.2, 0) is 18.9 Å². The molecule has 0 bridgehead atoms. The van der Waals surface area contributed by atoms with Crippen molar-refractivity contribution in [1.29, 1.82) is 0 Å². The lowest BCUT2D eigenvalue weighted by molar-refractivity contribution is -0.291. The second-order valence-corrected chi connectivity index (χ2v) is 4.28. The monoisotopic (exact) mass is 285 g/mol. The van der Waals surface area contributed by atoms with Crippen molar-refractivity contribution in [3.05, 3.63) is 11.4 Å². The molecule has 0 atom stereocenters. The summed E-state index contributed by atoms with van der Waals surface area (Å²) in [6, 6.07) is 0. The SMILES string of the molecule is CCCCn1nnc(C(F)(F)C(F)(F)F)c1CCC. The summed E-state index contributed by atoms with van der Waals surface area (Å²) < 4.78 is 65.0. The van der Waals surface area contributed by atoms with E-state index in [1.165, 1.54) is 0 Å². The van der Waals surface area contributed by atoms with Crippen LogP contribution in [0.2, 0.25) is 0 Å². The Labute approximate surface area is 107 Å². The fraction of sp³-hybridized carbons (Fsp3) is 0.818. The van der Waals surface area contributed by atoms with Crippen LogP contribution >= 0.6 is 0 Å². The molecule has 1 rings (SSSR count). The zero-order valence-electron chi connectivity index (χ0n) is 10.8. The van der Waals surface area contributed by atoms with Gasteiger partial charge < -0.3 is 0 Å². The molecule has 0 saturated heterocycles. The van der Waals surface area contributed by atoms with Gasteiger partial charge in [0, 0.05) is 6.54 Å². The number of aryl methyl sites for hydroxylation is 1. The normalized spacial score (nSPS) is 13.0. The van der Waals surface area contributed by atoms with Crippen molar-refractivity contribution >= 4 is 0 Å². The maximum atomic E-state index is 13.3. The second-order valence-electron chi connectivity index (χ2n) is 4.28. The van der Waals surface area contributed by atoms with Gasteiger partial charge in [-0.25, -0.2) is 4.68 Å². The van der Waals surface area contributed by atoms with E-state index in [9.17, 15) is 22.0 Å². The van der Waals surface area contributed by atoms with Crippen LogP contribution in [0.3, 0.4) is 0 Å². The van der Waals surface area contributed by atoms with Crippen LogP contribution in [0.1, 0.15) is 44.5 Å². The molecule has 3 nitrogen and oxygen atoms in total. The molecule has 8 heteroatoms. The van der Waals surface area contributed by atoms with E-state index in [1.54, 1.807) is 6.92 Å². The highest BCUT2D eigenvalue weighted by Crippen LogP contribution is 2.44. The molecular formula is C11H16F5N3. The maximum Gasteiger partial charge on any atom is 0.459 e. The van der Waals surface area contributed by atoms with E-state index >= 15 is 0 Å². The molecular weight excluding hydrogens is 269 g/mol. The number of alkyl halides is 5. The van der Waals surface area contributed by atoms with Crippen LogP contribution in [-0.4, -0.2) is 21.2 Å². The molecule has 0 amide bonds. The first kappa shape index (κ1) is 15.8. The highest BCUT2D eigenvalue weighted by atomic mass is 19.4. The molecule has 1 aromatic heterocycles. The highest BCUT2D eigenvalue weighted by molar-refractivity contribution is 5.18. The summed E-state index contributed by atoms with van der Waals surface area (Å²) in [5, 5.41) is 6.51. The molecule has 0 radical (unpaired) electrons. The minimum Gasteiger partial charge on any atom is -0.249 e. The smallest absolute Gasteiger partial charge is 0.249 e. The number of halogens is 5. The van der Waals surface area contributed by atoms with Crippen LogP contribution in [0.25, 0.3) is 0 Å². The number of aromatic nitrogens is 3. The van der Waals surface area contributed by atoms with Crippen molar-refractivity contribution < 1.29 is 22.0 Å². The zero-order valence-corrected chi connectivity index (χ0v) is 10.8. The zero-order chi connectivity index (χ0) is 14.7. The molecule has 19 heavy (non-hydrogen) atoms. The van der Waals surface area contributed by atoms with Crippen molar-refractivity contribution in [3.63, 3.8) is 0 Å². The molecule has 0 spiro atoms. The van der Waals surface area contributed by atoms with Crippen LogP contribution < -0.4 is 0 Å². The Bertz CT molecular complexity index is 411. The molecule has 0 aliphatic carbocycles. The van der Waals surface area contributed by atoms with Gasteiger partial charge in [0.05, 0.1) is 5.69 Å². The van der Waals surface area contributed by atoms with E-state index in [1.807, 2.05) is 6.92 Å². The van der Waals surface area contributed by atoms with Gasteiger partial charge in [-0.2, -0.15) is 22.0 Å². The van der Waals surface area contributed by atoms with Gasteiger partial charge in [-0.3, -0.25) is 0 Å². The second kappa shape index (κ2) is 5.83. The lowest BCUT2D eigenvalue weighted by Crippen LogP contribution is -2.35. The topological polar surface area (TPSA) is 30.7 Å². The summed E-state index contributed by atoms with van der Waals surface area (Å²) in [6.07, 6.45) is -3.67. The highest BCUT2D eigenvalue weighted by Gasteiger charge is 2.61. The lowest BCUT2D eigenvalue weighted by atomic mass is 10.1. The molecule has 1 heterocycles. The van der Waals surface area contributed by atoms with Gasteiger partial charge in [0.2, 0.25) is 0 Å². The summed E-state index contributed by atoms with van der Waals surface area (Å²) in [7, 11) is 0. The van der Waals surface area contributed by atoms with E-state index in [-0.39, 0.29) is 12.1 Å². The summed E-state index contributed by atoms with van der Waals surface area (Å²) in [5.41, 5.74) is -1.39. The molecule has 0 aliphatic rings. The third-order valence-electron chi connectivity index (χ3n) is 2.70. The van der Waals surface area contributed by atoms with Gasteiger partial charge in [0.15, 0.2) is 5.69 Å². The number of rotatable bonds is 6. The average molecular weight is 285 g/mol. The number of unbranched alkanes of at least 4 members (excludes halogenated alkanes) is 1. The van der Waals surface area contributed by atoms with Crippen LogP contribution in [0.4, 0.5) is 22.0 Å². The van der Waals surface area contributed by atoms with Crippen molar-refractivity contribution in [1.82, 2.24) is 15.0 Å². The largest absolute Gasteiger partial charge is 0.459 e. The third kappa shape index (κ3) is 3.22. The van der Waals surface area contributed by atoms with E-state index in [0.717, 1.165) is 11.1 Å². The Kier molecular flexibility index (Phi) is 4.86. The van der Waals surface area contributed by atoms with Crippen LogP contribution in [0.5, 0.6) is 0 Å². The summed E-state index contributed by atoms with van der Waals surface area (Å²) >= 11 is 0. The fourth-order valence-electron chi connectivity index (χ4n) is 1.68. The molecule has 110 valence electrons. The van der Waals surface area contributed by atoms with E-state index in [2.05, 4.69) is 10.3 Å². The Hall–Kier alpha value is -1.21. The first-order valence-corrected chi connectivity index (χ1v) is 6.13. The maximum absolute atomic E-state index is 13.3. The Morgan fingerprint density at radius 1 is 1.05 bits per heavy atom. The van der Waals surface area contributed by atoms with Gasteiger partial charge in [-0.05, 0) is 12.8 Å². The quantitative estimate of drug-likeness (QED) is 0.746. The van der Waals surface area contributed by atoms with Crippen LogP contribution in [0, 0.1) is 0 Å². The minimum absolute atomic E-state index is 0.0950. The molecule has 1 aromatic rings. The fourth-order valence-corrected chi connectivity index (χ4v) is 1.68. The van der Waals surface area contributed by atoms with Gasteiger partial charge in [-0.15, -0.1) is 5.10 Å². The van der Waals surface area contributed by atoms with E-state index in [0.29, 0.717) is 19.4 Å². The van der Waals surface area contributed by atoms with Crippen molar-refractivity contribution in [2.75, 3.05) is 0 Å². The third-order valence-corrected chi connectivity index (χ3v) is 2.70. The predicted molar refractivity (Wildman–Crippen MR) is 58.9 cm³/mol. The minimum atomic E-state index is -5.65. The van der Waals surface area contributed by atoms with Crippen molar-refractivity contribution in [2.24, 2.45) is 0 Å². The molecule has 0 aliphatic heterocycles. The predicted octanol–water partition coefficient (Wildman–Crippen LogP) is 3.68. The standard InChI is InChI=1S/C11H16F5N3/c1-3-5-7-19-8(6-4-2)9(17-18-19)10(12,13)11(14,15)16/h3-7H2,1-2H3. The molecule has 0 fully saturated rings. The average Bonchev–Trinajstić information content (AvgIpc) is 2.69. The Balaban J connectivity index is 3.17. The van der Waals surface area contributed by atoms with Gasteiger partial charge in [0.25, 0.3) is 0 Å². The molecule has 0 aromatic carbocycles. The lowest BCUT2D eigenvalue weighted by Gasteiger charge is -2.18. The summed E-state index contributed by atoms with van der Waals surface area (Å²) in [6.45, 7) is 3.89. The number of nitrogens with zero attached hydrogens (tertiary/aromatic N) is 3. The van der Waals surface area contributed by atoms with Gasteiger partial charge in [0.1, 0.15) is 0 Å². The Morgan fingerprint density at radius 2 is 1.68 bits per heavy atom. The first-order valence-electron chi connectivity index (χ1n) is 6.13. The van der Waals surface area contributed by atoms with Gasteiger partial charge in [-0.1, -0.05) is 31.9 Å². The summed E-state index contributed by atoms with van der Waals surface area (Å²) in [5.74, 6) is -4.96. The molecule has 0 unspecified atom stereocenters. The number of hydrogen-bond acceptors (Lipinski definition) is 2. The summed E-state index contributed by atoms with van der Waals surface area (Å²) in [4.78, 5) is 0. The van der Waals surface area contributed by atoms with Crippen LogP contribution in [0.15, 0.2) is 0 Å². The van der Waals surface area contributed by atoms with Crippen molar-refractivity contribution in [2.45, 2.75) is 58.2 Å². The number of hydrogen-bond donors (Lipinski definition) is 0. The van der Waals surface area contributed by atoms with E-state index in [4.69, 9.17) is 0 Å². The molecule has 0 N–H and O–H groups in total. The van der Waals surface area contributed by atoms with Crippen molar-refractivity contribution in [3.8, 4) is 0 Å². The van der Waals surface area contributed by atoms with E-state index < -0.39 is 17.8 Å². The Morgan fingerprint density at radius 3 is 2.16 bits per heavy atom. The van der Waals surface area contributed by atoms with Gasteiger partial charge >= 0.3 is 12.1 Å². The first-order chi connectivity index (χ1) is 8.75.